The second kappa shape index (κ2) is 9.56. The van der Waals surface area contributed by atoms with E-state index in [1.165, 1.54) is 12.2 Å². The summed E-state index contributed by atoms with van der Waals surface area (Å²) in [6, 6.07) is 0. The number of aliphatic hydroxyl groups is 5. The SMILES string of the molecule is NC(=O)CCCN1C(=O)C=CC1=O.OC[C@H]1OC(O)[C@H](O)[C@@H](O)[C@H]1O. The fraction of sp³-hybridized carbons (Fsp3) is 0.643. The number of nitrogens with two attached hydrogens (primary N) is 1. The number of primary amides is 1. The van der Waals surface area contributed by atoms with Crippen LogP contribution in [0.2, 0.25) is 0 Å². The van der Waals surface area contributed by atoms with E-state index in [1.807, 2.05) is 0 Å². The van der Waals surface area contributed by atoms with Gasteiger partial charge in [-0.2, -0.15) is 0 Å². The van der Waals surface area contributed by atoms with E-state index in [2.05, 4.69) is 4.74 Å². The number of carbonyl (C=O) groups excluding carboxylic acids is 3. The Bertz CT molecular complexity index is 502. The van der Waals surface area contributed by atoms with Crippen molar-refractivity contribution in [3.63, 3.8) is 0 Å². The molecule has 3 amide bonds. The molecular weight excluding hydrogens is 340 g/mol. The first kappa shape index (κ1) is 21.2. The van der Waals surface area contributed by atoms with Crippen LogP contribution in [0, 0.1) is 0 Å². The van der Waals surface area contributed by atoms with Gasteiger partial charge in [0.1, 0.15) is 24.4 Å². The molecule has 142 valence electrons. The Balaban J connectivity index is 0.000000251. The van der Waals surface area contributed by atoms with Crippen LogP contribution in [-0.2, 0) is 19.1 Å². The van der Waals surface area contributed by atoms with Crippen LogP contribution in [-0.4, -0.2) is 92.0 Å². The van der Waals surface area contributed by atoms with Gasteiger partial charge in [0.2, 0.25) is 5.91 Å². The fourth-order valence-corrected chi connectivity index (χ4v) is 2.14. The number of aliphatic hydroxyl groups excluding tert-OH is 5. The molecular formula is C14H22N2O9. The normalized spacial score (nSPS) is 31.7. The molecule has 0 aromatic rings. The molecule has 11 nitrogen and oxygen atoms in total. The molecule has 11 heteroatoms. The minimum Gasteiger partial charge on any atom is -0.394 e. The summed E-state index contributed by atoms with van der Waals surface area (Å²) < 4.78 is 4.58. The molecule has 0 bridgehead atoms. The standard InChI is InChI=1S/C8H10N2O3.C6H12O6/c9-6(11)2-1-5-10-7(12)3-4-8(10)13;7-1-2-3(8)4(9)5(10)6(11)12-2/h3-4H,1-2,5H2,(H2,9,11);2-11H,1H2/t;2-,3+,4+,5-,6?/m.1/s1. The lowest BCUT2D eigenvalue weighted by Crippen LogP contribution is -2.58. The van der Waals surface area contributed by atoms with Gasteiger partial charge in [0.05, 0.1) is 6.61 Å². The number of rotatable bonds is 5. The Morgan fingerprint density at radius 1 is 1.08 bits per heavy atom. The Morgan fingerprint density at radius 2 is 1.64 bits per heavy atom. The fourth-order valence-electron chi connectivity index (χ4n) is 2.14. The van der Waals surface area contributed by atoms with Gasteiger partial charge in [0.25, 0.3) is 11.8 Å². The molecule has 0 aliphatic carbocycles. The Hall–Kier alpha value is -1.89. The summed E-state index contributed by atoms with van der Waals surface area (Å²) in [5, 5.41) is 44.7. The van der Waals surface area contributed by atoms with E-state index in [4.69, 9.17) is 31.3 Å². The molecule has 25 heavy (non-hydrogen) atoms. The van der Waals surface area contributed by atoms with Crippen molar-refractivity contribution < 1.29 is 44.7 Å². The third kappa shape index (κ3) is 5.85. The summed E-state index contributed by atoms with van der Waals surface area (Å²) in [5.41, 5.74) is 4.90. The number of amides is 3. The van der Waals surface area contributed by atoms with Crippen LogP contribution in [0.5, 0.6) is 0 Å². The van der Waals surface area contributed by atoms with Gasteiger partial charge in [-0.15, -0.1) is 0 Å². The molecule has 1 saturated heterocycles. The maximum Gasteiger partial charge on any atom is 0.253 e. The number of ether oxygens (including phenoxy) is 1. The van der Waals surface area contributed by atoms with Crippen LogP contribution in [0.1, 0.15) is 12.8 Å². The van der Waals surface area contributed by atoms with Crippen molar-refractivity contribution in [1.29, 1.82) is 0 Å². The van der Waals surface area contributed by atoms with E-state index < -0.39 is 43.2 Å². The number of hydrogen-bond donors (Lipinski definition) is 6. The summed E-state index contributed by atoms with van der Waals surface area (Å²) in [7, 11) is 0. The minimum absolute atomic E-state index is 0.192. The molecule has 0 saturated carbocycles. The highest BCUT2D eigenvalue weighted by atomic mass is 16.6. The molecule has 0 radical (unpaired) electrons. The molecule has 2 aliphatic rings. The minimum atomic E-state index is -1.57. The number of nitrogens with zero attached hydrogens (tertiary/aromatic N) is 1. The zero-order chi connectivity index (χ0) is 19.1. The highest BCUT2D eigenvalue weighted by Gasteiger charge is 2.42. The van der Waals surface area contributed by atoms with E-state index in [0.29, 0.717) is 6.42 Å². The molecule has 7 N–H and O–H groups in total. The lowest BCUT2D eigenvalue weighted by molar-refractivity contribution is -0.286. The Kier molecular flexibility index (Phi) is 8.09. The molecule has 2 aliphatic heterocycles. The highest BCUT2D eigenvalue weighted by molar-refractivity contribution is 6.12. The second-order valence-electron chi connectivity index (χ2n) is 5.45. The lowest BCUT2D eigenvalue weighted by Gasteiger charge is -2.37. The topological polar surface area (TPSA) is 191 Å². The van der Waals surface area contributed by atoms with E-state index >= 15 is 0 Å². The van der Waals surface area contributed by atoms with Gasteiger partial charge in [-0.25, -0.2) is 0 Å². The zero-order valence-corrected chi connectivity index (χ0v) is 13.3. The van der Waals surface area contributed by atoms with Crippen LogP contribution < -0.4 is 5.73 Å². The number of carbonyl (C=O) groups is 3. The quantitative estimate of drug-likeness (QED) is 0.264. The van der Waals surface area contributed by atoms with Crippen molar-refractivity contribution in [2.24, 2.45) is 5.73 Å². The number of hydrogen-bond acceptors (Lipinski definition) is 9. The molecule has 2 heterocycles. The van der Waals surface area contributed by atoms with Gasteiger partial charge in [-0.3, -0.25) is 19.3 Å². The van der Waals surface area contributed by atoms with E-state index in [9.17, 15) is 14.4 Å². The molecule has 5 atom stereocenters. The summed E-state index contributed by atoms with van der Waals surface area (Å²) in [4.78, 5) is 33.4. The zero-order valence-electron chi connectivity index (χ0n) is 13.3. The van der Waals surface area contributed by atoms with Gasteiger partial charge < -0.3 is 36.0 Å². The van der Waals surface area contributed by atoms with Crippen molar-refractivity contribution in [3.05, 3.63) is 12.2 Å². The van der Waals surface area contributed by atoms with E-state index in [-0.39, 0.29) is 24.8 Å². The highest BCUT2D eigenvalue weighted by Crippen LogP contribution is 2.19. The molecule has 0 aromatic heterocycles. The van der Waals surface area contributed by atoms with Crippen molar-refractivity contribution in [2.75, 3.05) is 13.2 Å². The maximum absolute atomic E-state index is 11.0. The predicted octanol–water partition coefficient (Wildman–Crippen LogP) is -4.04. The van der Waals surface area contributed by atoms with E-state index in [0.717, 1.165) is 4.90 Å². The first-order chi connectivity index (χ1) is 11.7. The third-order valence-corrected chi connectivity index (χ3v) is 3.57. The maximum atomic E-state index is 11.0. The molecule has 2 rings (SSSR count). The number of imide groups is 1. The van der Waals surface area contributed by atoms with E-state index in [1.54, 1.807) is 0 Å². The first-order valence-electron chi connectivity index (χ1n) is 7.49. The molecule has 1 fully saturated rings. The van der Waals surface area contributed by atoms with Gasteiger partial charge in [-0.1, -0.05) is 0 Å². The Morgan fingerprint density at radius 3 is 2.12 bits per heavy atom. The van der Waals surface area contributed by atoms with Gasteiger partial charge in [0, 0.05) is 25.1 Å². The Labute approximate surface area is 142 Å². The van der Waals surface area contributed by atoms with Crippen molar-refractivity contribution in [2.45, 2.75) is 43.5 Å². The molecule has 1 unspecified atom stereocenters. The third-order valence-electron chi connectivity index (χ3n) is 3.57. The van der Waals surface area contributed by atoms with Crippen LogP contribution >= 0.6 is 0 Å². The average molecular weight is 362 g/mol. The predicted molar refractivity (Wildman–Crippen MR) is 80.3 cm³/mol. The van der Waals surface area contributed by atoms with Crippen LogP contribution in [0.15, 0.2) is 12.2 Å². The van der Waals surface area contributed by atoms with Crippen LogP contribution in [0.3, 0.4) is 0 Å². The monoisotopic (exact) mass is 362 g/mol. The summed E-state index contributed by atoms with van der Waals surface area (Å²) in [5.74, 6) is -1.07. The molecule has 0 spiro atoms. The van der Waals surface area contributed by atoms with Gasteiger partial charge in [-0.05, 0) is 6.42 Å². The van der Waals surface area contributed by atoms with Gasteiger partial charge in [0.15, 0.2) is 6.29 Å². The van der Waals surface area contributed by atoms with Gasteiger partial charge >= 0.3 is 0 Å². The van der Waals surface area contributed by atoms with Crippen molar-refractivity contribution in [3.8, 4) is 0 Å². The smallest absolute Gasteiger partial charge is 0.253 e. The summed E-state index contributed by atoms with van der Waals surface area (Å²) in [6.07, 6.45) is -3.99. The van der Waals surface area contributed by atoms with Crippen LogP contribution in [0.25, 0.3) is 0 Å². The average Bonchev–Trinajstić information content (AvgIpc) is 2.88. The summed E-state index contributed by atoms with van der Waals surface area (Å²) in [6.45, 7) is -0.268. The lowest BCUT2D eigenvalue weighted by atomic mass is 10.00. The van der Waals surface area contributed by atoms with Crippen LogP contribution in [0.4, 0.5) is 0 Å². The van der Waals surface area contributed by atoms with Crippen molar-refractivity contribution >= 4 is 17.7 Å². The largest absolute Gasteiger partial charge is 0.394 e. The van der Waals surface area contributed by atoms with Crippen molar-refractivity contribution in [1.82, 2.24) is 4.90 Å². The molecule has 0 aromatic carbocycles. The second-order valence-corrected chi connectivity index (χ2v) is 5.45. The summed E-state index contributed by atoms with van der Waals surface area (Å²) >= 11 is 0. The first-order valence-corrected chi connectivity index (χ1v) is 7.49.